The van der Waals surface area contributed by atoms with Crippen LogP contribution in [0.4, 0.5) is 0 Å². The van der Waals surface area contributed by atoms with Crippen LogP contribution in [0.2, 0.25) is 0 Å². The number of pyridine rings is 1. The van der Waals surface area contributed by atoms with E-state index in [0.717, 1.165) is 21.9 Å². The normalized spacial score (nSPS) is 14.9. The Morgan fingerprint density at radius 1 is 1.18 bits per heavy atom. The minimum Gasteiger partial charge on any atom is -0.465 e. The maximum Gasteiger partial charge on any atom is 0.338 e. The van der Waals surface area contributed by atoms with Crippen molar-refractivity contribution < 1.29 is 14.3 Å². The third-order valence-corrected chi connectivity index (χ3v) is 4.99. The van der Waals surface area contributed by atoms with E-state index >= 15 is 0 Å². The molecule has 1 aliphatic carbocycles. The van der Waals surface area contributed by atoms with Crippen molar-refractivity contribution in [1.29, 1.82) is 5.26 Å². The molecule has 0 aliphatic heterocycles. The summed E-state index contributed by atoms with van der Waals surface area (Å²) in [5.74, 6) is -0.736. The first-order valence-electron chi connectivity index (χ1n) is 8.89. The summed E-state index contributed by atoms with van der Waals surface area (Å²) in [6.45, 7) is 0. The second-order valence-electron chi connectivity index (χ2n) is 6.76. The fourth-order valence-electron chi connectivity index (χ4n) is 3.67. The number of ether oxygens (including phenoxy) is 1. The van der Waals surface area contributed by atoms with Gasteiger partial charge in [0.05, 0.1) is 24.3 Å². The van der Waals surface area contributed by atoms with E-state index in [0.29, 0.717) is 29.7 Å². The van der Waals surface area contributed by atoms with Gasteiger partial charge in [0.2, 0.25) is 0 Å². The fraction of sp³-hybridized carbons (Fsp3) is 0.182. The lowest BCUT2D eigenvalue weighted by Crippen LogP contribution is -2.35. The summed E-state index contributed by atoms with van der Waals surface area (Å²) in [5.41, 5.74) is 2.85. The average molecular weight is 371 g/mol. The molecular formula is C22H17N3O3. The van der Waals surface area contributed by atoms with Crippen LogP contribution in [-0.2, 0) is 17.6 Å². The van der Waals surface area contributed by atoms with Gasteiger partial charge in [0.15, 0.2) is 0 Å². The summed E-state index contributed by atoms with van der Waals surface area (Å²) >= 11 is 0. The molecule has 3 aromatic rings. The molecule has 1 N–H and O–H groups in total. The summed E-state index contributed by atoms with van der Waals surface area (Å²) in [5, 5.41) is 14.1. The highest BCUT2D eigenvalue weighted by Gasteiger charge is 2.29. The molecule has 0 bridgehead atoms. The highest BCUT2D eigenvalue weighted by atomic mass is 16.5. The summed E-state index contributed by atoms with van der Waals surface area (Å²) in [4.78, 5) is 29.0. The Morgan fingerprint density at radius 2 is 1.96 bits per heavy atom. The fourth-order valence-corrected chi connectivity index (χ4v) is 3.67. The van der Waals surface area contributed by atoms with Gasteiger partial charge in [0.1, 0.15) is 5.69 Å². The lowest BCUT2D eigenvalue weighted by Gasteiger charge is -2.12. The standard InChI is InChI=1S/C22H17N3O3/c1-28-22(27)19-7-13(11-23)6-16-8-17(10-18(16)19)25-21(26)20-9-14-4-2-3-5-15(14)12-24-20/h2-7,9,12,17H,8,10H2,1H3,(H,25,26). The summed E-state index contributed by atoms with van der Waals surface area (Å²) in [6, 6.07) is 14.7. The minimum absolute atomic E-state index is 0.173. The molecular weight excluding hydrogens is 354 g/mol. The molecule has 1 heterocycles. The van der Waals surface area contributed by atoms with Crippen molar-refractivity contribution in [3.63, 3.8) is 0 Å². The van der Waals surface area contributed by atoms with Crippen molar-refractivity contribution in [2.45, 2.75) is 18.9 Å². The van der Waals surface area contributed by atoms with Crippen LogP contribution in [0.15, 0.2) is 48.7 Å². The Balaban J connectivity index is 1.56. The van der Waals surface area contributed by atoms with Gasteiger partial charge < -0.3 is 10.1 Å². The molecule has 28 heavy (non-hydrogen) atoms. The van der Waals surface area contributed by atoms with Gasteiger partial charge in [0, 0.05) is 17.6 Å². The van der Waals surface area contributed by atoms with Gasteiger partial charge in [-0.1, -0.05) is 24.3 Å². The van der Waals surface area contributed by atoms with Crippen LogP contribution in [0, 0.1) is 11.3 Å². The van der Waals surface area contributed by atoms with E-state index < -0.39 is 5.97 Å². The Morgan fingerprint density at radius 3 is 2.71 bits per heavy atom. The molecule has 6 heteroatoms. The number of aromatic nitrogens is 1. The van der Waals surface area contributed by atoms with Crippen LogP contribution < -0.4 is 5.32 Å². The number of rotatable bonds is 3. The molecule has 1 aliphatic rings. The number of carbonyl (C=O) groups is 2. The van der Waals surface area contributed by atoms with Gasteiger partial charge in [0.25, 0.3) is 5.91 Å². The zero-order valence-corrected chi connectivity index (χ0v) is 15.2. The number of benzene rings is 2. The Labute approximate surface area is 161 Å². The second-order valence-corrected chi connectivity index (χ2v) is 6.76. The number of hydrogen-bond donors (Lipinski definition) is 1. The quantitative estimate of drug-likeness (QED) is 0.715. The summed E-state index contributed by atoms with van der Waals surface area (Å²) in [7, 11) is 1.31. The van der Waals surface area contributed by atoms with Crippen LogP contribution in [0.25, 0.3) is 10.8 Å². The van der Waals surface area contributed by atoms with Gasteiger partial charge in [-0.25, -0.2) is 4.79 Å². The molecule has 4 rings (SSSR count). The third kappa shape index (κ3) is 3.19. The van der Waals surface area contributed by atoms with Gasteiger partial charge in [-0.05, 0) is 47.6 Å². The predicted octanol–water partition coefficient (Wildman–Crippen LogP) is 2.79. The van der Waals surface area contributed by atoms with Crippen molar-refractivity contribution in [3.05, 3.63) is 76.6 Å². The number of carbonyl (C=O) groups excluding carboxylic acids is 2. The molecule has 1 unspecified atom stereocenters. The van der Waals surface area contributed by atoms with Gasteiger partial charge in [-0.2, -0.15) is 5.26 Å². The van der Waals surface area contributed by atoms with Gasteiger partial charge >= 0.3 is 5.97 Å². The number of nitrogens with zero attached hydrogens (tertiary/aromatic N) is 2. The monoisotopic (exact) mass is 371 g/mol. The zero-order chi connectivity index (χ0) is 19.7. The SMILES string of the molecule is COC(=O)c1cc(C#N)cc2c1CC(NC(=O)c1cc3ccccc3cn1)C2. The zero-order valence-electron chi connectivity index (χ0n) is 15.2. The van der Waals surface area contributed by atoms with Crippen molar-refractivity contribution in [2.24, 2.45) is 0 Å². The first-order chi connectivity index (χ1) is 13.6. The molecule has 0 fully saturated rings. The molecule has 0 saturated carbocycles. The molecule has 0 radical (unpaired) electrons. The van der Waals surface area contributed by atoms with E-state index in [9.17, 15) is 14.9 Å². The third-order valence-electron chi connectivity index (χ3n) is 4.99. The van der Waals surface area contributed by atoms with Crippen LogP contribution in [0.1, 0.15) is 37.5 Å². The molecule has 1 aromatic heterocycles. The Kier molecular flexibility index (Phi) is 4.50. The molecule has 0 spiro atoms. The lowest BCUT2D eigenvalue weighted by molar-refractivity contribution is 0.0599. The largest absolute Gasteiger partial charge is 0.465 e. The first-order valence-corrected chi connectivity index (χ1v) is 8.89. The van der Waals surface area contributed by atoms with Gasteiger partial charge in [-0.3, -0.25) is 9.78 Å². The van der Waals surface area contributed by atoms with Crippen molar-refractivity contribution in [3.8, 4) is 6.07 Å². The van der Waals surface area contributed by atoms with Gasteiger partial charge in [-0.15, -0.1) is 0 Å². The van der Waals surface area contributed by atoms with Crippen LogP contribution in [-0.4, -0.2) is 30.0 Å². The van der Waals surface area contributed by atoms with E-state index in [1.54, 1.807) is 24.4 Å². The van der Waals surface area contributed by atoms with Crippen molar-refractivity contribution in [1.82, 2.24) is 10.3 Å². The lowest BCUT2D eigenvalue weighted by atomic mass is 10.00. The number of nitrogens with one attached hydrogen (secondary N) is 1. The number of fused-ring (bicyclic) bond motifs is 2. The number of amides is 1. The summed E-state index contributed by atoms with van der Waals surface area (Å²) in [6.07, 6.45) is 2.74. The highest BCUT2D eigenvalue weighted by molar-refractivity contribution is 5.97. The first kappa shape index (κ1) is 17.7. The molecule has 1 atom stereocenters. The number of methoxy groups -OCH3 is 1. The highest BCUT2D eigenvalue weighted by Crippen LogP contribution is 2.28. The van der Waals surface area contributed by atoms with Crippen LogP contribution in [0.5, 0.6) is 0 Å². The molecule has 0 saturated heterocycles. The topological polar surface area (TPSA) is 92.1 Å². The summed E-state index contributed by atoms with van der Waals surface area (Å²) < 4.78 is 4.84. The Hall–Kier alpha value is -3.72. The number of hydrogen-bond acceptors (Lipinski definition) is 5. The second kappa shape index (κ2) is 7.12. The van der Waals surface area contributed by atoms with E-state index in [-0.39, 0.29) is 11.9 Å². The van der Waals surface area contributed by atoms with Crippen molar-refractivity contribution in [2.75, 3.05) is 7.11 Å². The molecule has 1 amide bonds. The predicted molar refractivity (Wildman–Crippen MR) is 103 cm³/mol. The van der Waals surface area contributed by atoms with Crippen LogP contribution >= 0.6 is 0 Å². The van der Waals surface area contributed by atoms with E-state index in [4.69, 9.17) is 4.74 Å². The maximum atomic E-state index is 12.7. The smallest absolute Gasteiger partial charge is 0.338 e. The van der Waals surface area contributed by atoms with Crippen molar-refractivity contribution >= 4 is 22.6 Å². The minimum atomic E-state index is -0.475. The molecule has 2 aromatic carbocycles. The van der Waals surface area contributed by atoms with E-state index in [1.807, 2.05) is 24.3 Å². The molecule has 6 nitrogen and oxygen atoms in total. The number of nitriles is 1. The average Bonchev–Trinajstić information content (AvgIpc) is 3.14. The molecule has 138 valence electrons. The Bertz CT molecular complexity index is 1150. The van der Waals surface area contributed by atoms with E-state index in [1.165, 1.54) is 7.11 Å². The van der Waals surface area contributed by atoms with Crippen LogP contribution in [0.3, 0.4) is 0 Å². The maximum absolute atomic E-state index is 12.7. The number of esters is 1. The van der Waals surface area contributed by atoms with E-state index in [2.05, 4.69) is 16.4 Å².